The molecule has 0 N–H and O–H groups in total. The first-order valence-electron chi connectivity index (χ1n) is 10.3. The van der Waals surface area contributed by atoms with E-state index in [1.807, 2.05) is 24.3 Å². The number of rotatable bonds is 1. The summed E-state index contributed by atoms with van der Waals surface area (Å²) in [5, 5.41) is 4.58. The Kier molecular flexibility index (Phi) is 2.68. The van der Waals surface area contributed by atoms with Gasteiger partial charge >= 0.3 is 0 Å². The quantitative estimate of drug-likeness (QED) is 0.619. The van der Waals surface area contributed by atoms with Crippen LogP contribution in [0.2, 0.25) is 0 Å². The van der Waals surface area contributed by atoms with E-state index in [0.29, 0.717) is 5.92 Å². The molecule has 5 nitrogen and oxygen atoms in total. The topological polar surface area (TPSA) is 53.7 Å². The Labute approximate surface area is 168 Å². The molecule has 4 aliphatic rings. The third-order valence-corrected chi connectivity index (χ3v) is 7.56. The van der Waals surface area contributed by atoms with Crippen molar-refractivity contribution in [1.29, 1.82) is 0 Å². The third-order valence-electron chi connectivity index (χ3n) is 7.56. The highest BCUT2D eigenvalue weighted by atomic mass is 16.7. The second kappa shape index (κ2) is 4.85. The molecule has 2 aliphatic carbocycles. The molecule has 2 aliphatic heterocycles. The van der Waals surface area contributed by atoms with Gasteiger partial charge in [0.05, 0.1) is 18.8 Å². The maximum absolute atomic E-state index is 6.86. The summed E-state index contributed by atoms with van der Waals surface area (Å²) in [5.74, 6) is 2.29. The zero-order valence-electron chi connectivity index (χ0n) is 16.6. The predicted octanol–water partition coefficient (Wildman–Crippen LogP) is 4.42. The summed E-state index contributed by atoms with van der Waals surface area (Å²) in [6, 6.07) is 14.4. The zero-order valence-corrected chi connectivity index (χ0v) is 16.6. The van der Waals surface area contributed by atoms with E-state index in [0.717, 1.165) is 46.1 Å². The summed E-state index contributed by atoms with van der Waals surface area (Å²) < 4.78 is 25.4. The molecule has 146 valence electrons. The smallest absolute Gasteiger partial charge is 0.253 e. The minimum Gasteiger partial charge on any atom is -0.496 e. The molecule has 3 heterocycles. The fourth-order valence-electron chi connectivity index (χ4n) is 6.86. The number of aromatic nitrogens is 1. The van der Waals surface area contributed by atoms with Crippen LogP contribution in [-0.2, 0) is 22.4 Å². The van der Waals surface area contributed by atoms with Gasteiger partial charge in [0.15, 0.2) is 0 Å². The molecule has 0 saturated carbocycles. The van der Waals surface area contributed by atoms with Gasteiger partial charge in [0, 0.05) is 29.0 Å². The molecule has 3 aromatic rings. The number of fused-ring (bicyclic) bond motifs is 3. The maximum atomic E-state index is 6.86. The van der Waals surface area contributed by atoms with Gasteiger partial charge in [-0.3, -0.25) is 0 Å². The lowest BCUT2D eigenvalue weighted by Crippen LogP contribution is -2.55. The van der Waals surface area contributed by atoms with E-state index in [1.165, 1.54) is 5.56 Å². The van der Waals surface area contributed by atoms with Crippen LogP contribution in [0.1, 0.15) is 36.3 Å². The van der Waals surface area contributed by atoms with Gasteiger partial charge in [-0.25, -0.2) is 0 Å². The molecule has 5 atom stereocenters. The van der Waals surface area contributed by atoms with E-state index in [-0.39, 0.29) is 12.0 Å². The second-order valence-electron chi connectivity index (χ2n) is 8.77. The molecular weight excluding hydrogens is 366 g/mol. The van der Waals surface area contributed by atoms with Crippen LogP contribution >= 0.6 is 0 Å². The van der Waals surface area contributed by atoms with E-state index in [1.54, 1.807) is 7.11 Å². The van der Waals surface area contributed by atoms with Crippen molar-refractivity contribution in [3.8, 4) is 22.8 Å². The van der Waals surface area contributed by atoms with Crippen LogP contribution in [0.4, 0.5) is 0 Å². The second-order valence-corrected chi connectivity index (χ2v) is 8.77. The van der Waals surface area contributed by atoms with Crippen molar-refractivity contribution in [1.82, 2.24) is 5.16 Å². The van der Waals surface area contributed by atoms with Gasteiger partial charge in [-0.2, -0.15) is 0 Å². The SMILES string of the molecule is COc1cccc2c1-c1noc3c1[C@@]14c5ccccc5O[C@@]21O[C@H](C)[C@H]4[C@H](C)C3. The summed E-state index contributed by atoms with van der Waals surface area (Å²) in [4.78, 5) is 0. The maximum Gasteiger partial charge on any atom is 0.253 e. The molecule has 1 aromatic heterocycles. The number of methoxy groups -OCH3 is 1. The molecule has 1 spiro atoms. The number of ether oxygens (including phenoxy) is 3. The zero-order chi connectivity index (χ0) is 19.5. The lowest BCUT2D eigenvalue weighted by molar-refractivity contribution is -0.187. The van der Waals surface area contributed by atoms with Gasteiger partial charge in [-0.05, 0) is 25.0 Å². The fraction of sp³-hybridized carbons (Fsp3) is 0.375. The minimum absolute atomic E-state index is 0.0337. The third kappa shape index (κ3) is 1.47. The van der Waals surface area contributed by atoms with Crippen LogP contribution in [0.15, 0.2) is 47.0 Å². The molecule has 0 unspecified atom stereocenters. The van der Waals surface area contributed by atoms with Gasteiger partial charge in [-0.15, -0.1) is 0 Å². The van der Waals surface area contributed by atoms with Crippen molar-refractivity contribution >= 4 is 0 Å². The van der Waals surface area contributed by atoms with Crippen molar-refractivity contribution in [2.45, 2.75) is 37.6 Å². The summed E-state index contributed by atoms with van der Waals surface area (Å²) in [6.45, 7) is 4.47. The number of hydrogen-bond acceptors (Lipinski definition) is 5. The van der Waals surface area contributed by atoms with Crippen LogP contribution in [0.25, 0.3) is 11.3 Å². The highest BCUT2D eigenvalue weighted by molar-refractivity contribution is 5.83. The largest absolute Gasteiger partial charge is 0.496 e. The fourth-order valence-corrected chi connectivity index (χ4v) is 6.86. The first-order chi connectivity index (χ1) is 14.1. The van der Waals surface area contributed by atoms with Gasteiger partial charge in [-0.1, -0.05) is 42.4 Å². The van der Waals surface area contributed by atoms with E-state index in [9.17, 15) is 0 Å². The predicted molar refractivity (Wildman–Crippen MR) is 105 cm³/mol. The molecule has 2 aromatic carbocycles. The number of benzene rings is 2. The minimum atomic E-state index is -0.938. The van der Waals surface area contributed by atoms with Crippen LogP contribution < -0.4 is 9.47 Å². The van der Waals surface area contributed by atoms with E-state index in [4.69, 9.17) is 18.7 Å². The summed E-state index contributed by atoms with van der Waals surface area (Å²) in [7, 11) is 1.69. The number of para-hydroxylation sites is 1. The van der Waals surface area contributed by atoms with Crippen molar-refractivity contribution in [3.05, 3.63) is 64.9 Å². The Bertz CT molecular complexity index is 1200. The Balaban J connectivity index is 1.72. The normalized spacial score (nSPS) is 34.7. The molecule has 0 radical (unpaired) electrons. The Morgan fingerprint density at radius 1 is 1.07 bits per heavy atom. The van der Waals surface area contributed by atoms with Gasteiger partial charge < -0.3 is 18.7 Å². The average molecular weight is 387 g/mol. The van der Waals surface area contributed by atoms with Crippen molar-refractivity contribution in [2.24, 2.45) is 11.8 Å². The molecule has 1 saturated heterocycles. The van der Waals surface area contributed by atoms with Crippen LogP contribution in [0, 0.1) is 11.8 Å². The standard InChI is InChI=1S/C24H21NO4/c1-12-11-18-21-22(25-29-18)19-15(8-6-10-17(19)26-3)24-23(21,20(12)13(2)27-24)14-7-4-5-9-16(14)28-24/h4-10,12-13,20H,11H2,1-3H3/t12-,13-,20-,23+,24+/m1/s1. The van der Waals surface area contributed by atoms with Crippen molar-refractivity contribution in [3.63, 3.8) is 0 Å². The molecule has 0 bridgehead atoms. The molecular formula is C24H21NO4. The van der Waals surface area contributed by atoms with E-state index >= 15 is 0 Å². The van der Waals surface area contributed by atoms with Crippen LogP contribution in [-0.4, -0.2) is 18.4 Å². The summed E-state index contributed by atoms with van der Waals surface area (Å²) in [6.07, 6.45) is 0.886. The van der Waals surface area contributed by atoms with Crippen LogP contribution in [0.3, 0.4) is 0 Å². The lowest BCUT2D eigenvalue weighted by Gasteiger charge is -2.48. The molecule has 7 rings (SSSR count). The van der Waals surface area contributed by atoms with E-state index < -0.39 is 11.2 Å². The molecule has 1 fully saturated rings. The van der Waals surface area contributed by atoms with Gasteiger partial charge in [0.25, 0.3) is 5.79 Å². The summed E-state index contributed by atoms with van der Waals surface area (Å²) in [5.41, 5.74) is 4.62. The van der Waals surface area contributed by atoms with Gasteiger partial charge in [0.2, 0.25) is 0 Å². The average Bonchev–Trinajstić information content (AvgIpc) is 3.34. The Morgan fingerprint density at radius 2 is 1.90 bits per heavy atom. The van der Waals surface area contributed by atoms with Crippen molar-refractivity contribution < 1.29 is 18.7 Å². The molecule has 5 heteroatoms. The van der Waals surface area contributed by atoms with Crippen LogP contribution in [0.5, 0.6) is 11.5 Å². The molecule has 29 heavy (non-hydrogen) atoms. The first kappa shape index (κ1) is 16.1. The number of nitrogens with zero attached hydrogens (tertiary/aromatic N) is 1. The lowest BCUT2D eigenvalue weighted by atomic mass is 9.52. The monoisotopic (exact) mass is 387 g/mol. The highest BCUT2D eigenvalue weighted by Gasteiger charge is 2.78. The van der Waals surface area contributed by atoms with E-state index in [2.05, 4.69) is 37.2 Å². The highest BCUT2D eigenvalue weighted by Crippen LogP contribution is 2.74. The molecule has 0 amide bonds. The van der Waals surface area contributed by atoms with Crippen molar-refractivity contribution in [2.75, 3.05) is 7.11 Å². The summed E-state index contributed by atoms with van der Waals surface area (Å²) >= 11 is 0. The first-order valence-corrected chi connectivity index (χ1v) is 10.3. The Morgan fingerprint density at radius 3 is 2.76 bits per heavy atom. The Hall–Kier alpha value is -2.79. The number of hydrogen-bond donors (Lipinski definition) is 0. The van der Waals surface area contributed by atoms with Gasteiger partial charge in [0.1, 0.15) is 28.4 Å².